The van der Waals surface area contributed by atoms with E-state index in [1.165, 1.54) is 19.3 Å². The molecular formula is C14H14N2O4. The van der Waals surface area contributed by atoms with Crippen LogP contribution < -0.4 is 15.0 Å². The van der Waals surface area contributed by atoms with Crippen LogP contribution in [-0.2, 0) is 9.59 Å². The zero-order chi connectivity index (χ0) is 14.7. The monoisotopic (exact) mass is 274 g/mol. The Morgan fingerprint density at radius 3 is 2.85 bits per heavy atom. The van der Waals surface area contributed by atoms with Crippen LogP contribution >= 0.6 is 0 Å². The molecule has 0 saturated carbocycles. The molecule has 0 spiro atoms. The summed E-state index contributed by atoms with van der Waals surface area (Å²) in [6, 6.07) is 4.73. The Morgan fingerprint density at radius 1 is 1.45 bits per heavy atom. The maximum atomic E-state index is 11.9. The van der Waals surface area contributed by atoms with Crippen LogP contribution in [0.5, 0.6) is 5.75 Å². The lowest BCUT2D eigenvalue weighted by Gasteiger charge is -2.15. The third-order valence-electron chi connectivity index (χ3n) is 2.92. The van der Waals surface area contributed by atoms with Crippen molar-refractivity contribution in [1.29, 1.82) is 0 Å². The third kappa shape index (κ3) is 2.40. The number of nitrogens with one attached hydrogen (secondary N) is 1. The van der Waals surface area contributed by atoms with Gasteiger partial charge in [0.15, 0.2) is 0 Å². The summed E-state index contributed by atoms with van der Waals surface area (Å²) >= 11 is 0. The second-order valence-corrected chi connectivity index (χ2v) is 4.20. The number of methoxy groups -OCH3 is 1. The Bertz CT molecular complexity index is 595. The first kappa shape index (κ1) is 13.8. The number of carbonyl (C=O) groups is 3. The standard InChI is InChI=1S/C14H14N2O4/c1-3-6-15-12(17)8-16-11-5-4-9(20-2)7-10(11)13(18)14(16)19/h3-5,7H,1,6,8H2,2H3,(H,15,17). The molecule has 0 saturated heterocycles. The minimum atomic E-state index is -0.706. The fraction of sp³-hybridized carbons (Fsp3) is 0.214. The molecule has 6 heteroatoms. The molecule has 2 rings (SSSR count). The highest BCUT2D eigenvalue weighted by molar-refractivity contribution is 6.52. The summed E-state index contributed by atoms with van der Waals surface area (Å²) in [4.78, 5) is 36.6. The molecule has 1 N–H and O–H groups in total. The first-order valence-electron chi connectivity index (χ1n) is 6.00. The summed E-state index contributed by atoms with van der Waals surface area (Å²) in [5.74, 6) is -1.20. The first-order chi connectivity index (χ1) is 9.58. The van der Waals surface area contributed by atoms with E-state index in [4.69, 9.17) is 4.74 Å². The maximum Gasteiger partial charge on any atom is 0.299 e. The van der Waals surface area contributed by atoms with Gasteiger partial charge in [-0.1, -0.05) is 6.08 Å². The summed E-state index contributed by atoms with van der Waals surface area (Å²) in [5.41, 5.74) is 0.681. The molecule has 0 bridgehead atoms. The number of hydrogen-bond donors (Lipinski definition) is 1. The molecule has 0 unspecified atom stereocenters. The highest BCUT2D eigenvalue weighted by atomic mass is 16.5. The van der Waals surface area contributed by atoms with Gasteiger partial charge < -0.3 is 10.1 Å². The van der Waals surface area contributed by atoms with Crippen LogP contribution in [0.15, 0.2) is 30.9 Å². The van der Waals surface area contributed by atoms with E-state index in [0.717, 1.165) is 4.90 Å². The van der Waals surface area contributed by atoms with E-state index >= 15 is 0 Å². The number of rotatable bonds is 5. The first-order valence-corrected chi connectivity index (χ1v) is 6.00. The molecule has 1 aromatic carbocycles. The van der Waals surface area contributed by atoms with Gasteiger partial charge in [-0.25, -0.2) is 0 Å². The summed E-state index contributed by atoms with van der Waals surface area (Å²) in [6.45, 7) is 3.60. The van der Waals surface area contributed by atoms with E-state index in [1.54, 1.807) is 12.1 Å². The Hall–Kier alpha value is -2.63. The van der Waals surface area contributed by atoms with Crippen LogP contribution in [0.3, 0.4) is 0 Å². The number of fused-ring (bicyclic) bond motifs is 1. The molecule has 2 amide bonds. The number of ether oxygens (including phenoxy) is 1. The maximum absolute atomic E-state index is 11.9. The number of ketones is 1. The number of carbonyl (C=O) groups excluding carboxylic acids is 3. The quantitative estimate of drug-likeness (QED) is 0.627. The summed E-state index contributed by atoms with van der Waals surface area (Å²) in [5, 5.41) is 2.56. The van der Waals surface area contributed by atoms with Gasteiger partial charge >= 0.3 is 0 Å². The van der Waals surface area contributed by atoms with Gasteiger partial charge in [0.1, 0.15) is 12.3 Å². The van der Waals surface area contributed by atoms with Gasteiger partial charge in [-0.15, -0.1) is 6.58 Å². The average Bonchev–Trinajstić information content (AvgIpc) is 2.69. The number of hydrogen-bond acceptors (Lipinski definition) is 4. The summed E-state index contributed by atoms with van der Waals surface area (Å²) in [7, 11) is 1.48. The average molecular weight is 274 g/mol. The van der Waals surface area contributed by atoms with Crippen molar-refractivity contribution in [2.75, 3.05) is 25.1 Å². The number of amides is 2. The van der Waals surface area contributed by atoms with Crippen LogP contribution in [0, 0.1) is 0 Å². The van der Waals surface area contributed by atoms with E-state index in [2.05, 4.69) is 11.9 Å². The molecule has 0 aromatic heterocycles. The molecule has 1 aliphatic heterocycles. The van der Waals surface area contributed by atoms with Crippen LogP contribution in [0.4, 0.5) is 5.69 Å². The Labute approximate surface area is 116 Å². The Balaban J connectivity index is 2.24. The number of Topliss-reactive ketones (excluding diaryl/α,β-unsaturated/α-hetero) is 1. The van der Waals surface area contributed by atoms with Crippen molar-refractivity contribution in [3.63, 3.8) is 0 Å². The summed E-state index contributed by atoms with van der Waals surface area (Å²) in [6.07, 6.45) is 1.54. The lowest BCUT2D eigenvalue weighted by Crippen LogP contribution is -2.40. The zero-order valence-corrected chi connectivity index (χ0v) is 11.0. The molecule has 0 atom stereocenters. The van der Waals surface area contributed by atoms with E-state index in [9.17, 15) is 14.4 Å². The third-order valence-corrected chi connectivity index (χ3v) is 2.92. The van der Waals surface area contributed by atoms with Gasteiger partial charge in [0, 0.05) is 6.54 Å². The van der Waals surface area contributed by atoms with E-state index in [1.807, 2.05) is 0 Å². The van der Waals surface area contributed by atoms with E-state index in [0.29, 0.717) is 18.0 Å². The Morgan fingerprint density at radius 2 is 2.20 bits per heavy atom. The summed E-state index contributed by atoms with van der Waals surface area (Å²) < 4.78 is 5.02. The normalized spacial score (nSPS) is 13.2. The smallest absolute Gasteiger partial charge is 0.299 e. The number of anilines is 1. The predicted molar refractivity (Wildman–Crippen MR) is 72.9 cm³/mol. The number of nitrogens with zero attached hydrogens (tertiary/aromatic N) is 1. The van der Waals surface area contributed by atoms with Crippen molar-refractivity contribution >= 4 is 23.3 Å². The van der Waals surface area contributed by atoms with Crippen LogP contribution in [-0.4, -0.2) is 37.8 Å². The largest absolute Gasteiger partial charge is 0.497 e. The fourth-order valence-corrected chi connectivity index (χ4v) is 1.95. The molecule has 1 aromatic rings. The molecular weight excluding hydrogens is 260 g/mol. The molecule has 1 aliphatic rings. The minimum absolute atomic E-state index is 0.197. The second-order valence-electron chi connectivity index (χ2n) is 4.20. The van der Waals surface area contributed by atoms with Gasteiger partial charge in [-0.2, -0.15) is 0 Å². The van der Waals surface area contributed by atoms with Crippen molar-refractivity contribution in [2.45, 2.75) is 0 Å². The highest BCUT2D eigenvalue weighted by Crippen LogP contribution is 2.31. The Kier molecular flexibility index (Phi) is 3.84. The number of benzene rings is 1. The molecule has 0 fully saturated rings. The molecule has 0 radical (unpaired) electrons. The molecule has 104 valence electrons. The second kappa shape index (κ2) is 5.56. The van der Waals surface area contributed by atoms with Gasteiger partial charge in [0.05, 0.1) is 18.4 Å². The van der Waals surface area contributed by atoms with Crippen molar-refractivity contribution < 1.29 is 19.1 Å². The molecule has 20 heavy (non-hydrogen) atoms. The van der Waals surface area contributed by atoms with E-state index < -0.39 is 11.7 Å². The van der Waals surface area contributed by atoms with Crippen LogP contribution in [0.1, 0.15) is 10.4 Å². The van der Waals surface area contributed by atoms with Gasteiger partial charge in [-0.3, -0.25) is 19.3 Å². The fourth-order valence-electron chi connectivity index (χ4n) is 1.95. The minimum Gasteiger partial charge on any atom is -0.497 e. The van der Waals surface area contributed by atoms with Crippen molar-refractivity contribution in [2.24, 2.45) is 0 Å². The molecule has 1 heterocycles. The zero-order valence-electron chi connectivity index (χ0n) is 11.0. The van der Waals surface area contributed by atoms with Gasteiger partial charge in [0.25, 0.3) is 11.7 Å². The lowest BCUT2D eigenvalue weighted by molar-refractivity contribution is -0.122. The molecule has 0 aliphatic carbocycles. The predicted octanol–water partition coefficient (Wildman–Crippen LogP) is 0.527. The topological polar surface area (TPSA) is 75.7 Å². The van der Waals surface area contributed by atoms with E-state index in [-0.39, 0.29) is 18.0 Å². The van der Waals surface area contributed by atoms with Crippen molar-refractivity contribution in [1.82, 2.24) is 5.32 Å². The molecule has 6 nitrogen and oxygen atoms in total. The SMILES string of the molecule is C=CCNC(=O)CN1C(=O)C(=O)c2cc(OC)ccc21. The van der Waals surface area contributed by atoms with Crippen molar-refractivity contribution in [3.8, 4) is 5.75 Å². The van der Waals surface area contributed by atoms with Gasteiger partial charge in [-0.05, 0) is 18.2 Å². The van der Waals surface area contributed by atoms with Gasteiger partial charge in [0.2, 0.25) is 5.91 Å². The van der Waals surface area contributed by atoms with Crippen LogP contribution in [0.2, 0.25) is 0 Å². The van der Waals surface area contributed by atoms with Crippen LogP contribution in [0.25, 0.3) is 0 Å². The highest BCUT2D eigenvalue weighted by Gasteiger charge is 2.36. The van der Waals surface area contributed by atoms with Crippen molar-refractivity contribution in [3.05, 3.63) is 36.4 Å². The lowest BCUT2D eigenvalue weighted by atomic mass is 10.1.